The second-order valence-electron chi connectivity index (χ2n) is 6.40. The average molecular weight is 292 g/mol. The monoisotopic (exact) mass is 292 g/mol. The first-order valence-corrected chi connectivity index (χ1v) is 7.72. The summed E-state index contributed by atoms with van der Waals surface area (Å²) in [6, 6.07) is 1.64. The normalized spacial score (nSPS) is 21.9. The zero-order chi connectivity index (χ0) is 15.5. The maximum absolute atomic E-state index is 12.5. The topological polar surface area (TPSA) is 76.4 Å². The molecule has 0 aromatic rings. The van der Waals surface area contributed by atoms with E-state index in [9.17, 15) is 9.59 Å². The van der Waals surface area contributed by atoms with Gasteiger partial charge in [-0.3, -0.25) is 9.69 Å². The first kappa shape index (κ1) is 15.8. The van der Waals surface area contributed by atoms with Crippen LogP contribution < -0.4 is 5.32 Å². The van der Waals surface area contributed by atoms with Crippen molar-refractivity contribution in [1.82, 2.24) is 15.1 Å². The second kappa shape index (κ2) is 6.44. The molecule has 0 saturated carbocycles. The summed E-state index contributed by atoms with van der Waals surface area (Å²) in [7, 11) is 0. The van der Waals surface area contributed by atoms with Gasteiger partial charge in [0.2, 0.25) is 0 Å². The zero-order valence-corrected chi connectivity index (χ0v) is 12.9. The van der Waals surface area contributed by atoms with E-state index in [1.165, 1.54) is 4.90 Å². The lowest BCUT2D eigenvalue weighted by atomic mass is 9.87. The van der Waals surface area contributed by atoms with Gasteiger partial charge < -0.3 is 10.2 Å². The lowest BCUT2D eigenvalue weighted by Crippen LogP contribution is -2.55. The number of nitriles is 1. The van der Waals surface area contributed by atoms with Crippen LogP contribution in [0.1, 0.15) is 39.5 Å². The number of piperidine rings is 1. The number of likely N-dealkylation sites (tertiary alicyclic amines) is 1. The van der Waals surface area contributed by atoms with E-state index in [1.807, 2.05) is 6.07 Å². The van der Waals surface area contributed by atoms with Crippen molar-refractivity contribution in [3.05, 3.63) is 0 Å². The smallest absolute Gasteiger partial charge is 0.323 e. The Bertz CT molecular complexity index is 447. The van der Waals surface area contributed by atoms with Gasteiger partial charge in [-0.2, -0.15) is 5.26 Å². The predicted molar refractivity (Wildman–Crippen MR) is 78.3 cm³/mol. The number of carbonyl (C=O) groups excluding carboxylic acids is 2. The van der Waals surface area contributed by atoms with Crippen LogP contribution in [0.15, 0.2) is 0 Å². The van der Waals surface area contributed by atoms with Gasteiger partial charge in [-0.15, -0.1) is 0 Å². The molecule has 2 aliphatic heterocycles. The van der Waals surface area contributed by atoms with Gasteiger partial charge in [0.05, 0.1) is 12.5 Å². The van der Waals surface area contributed by atoms with Gasteiger partial charge in [0.15, 0.2) is 0 Å². The minimum absolute atomic E-state index is 0.147. The highest BCUT2D eigenvalue weighted by Crippen LogP contribution is 2.29. The Hall–Kier alpha value is -1.61. The summed E-state index contributed by atoms with van der Waals surface area (Å²) >= 11 is 0. The van der Waals surface area contributed by atoms with E-state index in [0.717, 1.165) is 26.1 Å². The first-order chi connectivity index (χ1) is 9.98. The molecule has 2 rings (SSSR count). The van der Waals surface area contributed by atoms with Crippen molar-refractivity contribution in [2.24, 2.45) is 5.92 Å². The quantitative estimate of drug-likeness (QED) is 0.776. The van der Waals surface area contributed by atoms with Crippen LogP contribution in [0.3, 0.4) is 0 Å². The summed E-state index contributed by atoms with van der Waals surface area (Å²) in [6.45, 7) is 7.34. The molecule has 0 aliphatic carbocycles. The van der Waals surface area contributed by atoms with Crippen molar-refractivity contribution in [2.45, 2.75) is 45.1 Å². The Balaban J connectivity index is 1.92. The molecule has 0 aromatic carbocycles. The Labute approximate surface area is 126 Å². The van der Waals surface area contributed by atoms with Crippen molar-refractivity contribution in [3.8, 4) is 6.07 Å². The van der Waals surface area contributed by atoms with Crippen LogP contribution in [0.5, 0.6) is 0 Å². The Kier molecular flexibility index (Phi) is 4.84. The van der Waals surface area contributed by atoms with Gasteiger partial charge in [0.1, 0.15) is 5.54 Å². The molecule has 21 heavy (non-hydrogen) atoms. The van der Waals surface area contributed by atoms with Gasteiger partial charge in [-0.25, -0.2) is 4.79 Å². The van der Waals surface area contributed by atoms with Gasteiger partial charge in [-0.1, -0.05) is 13.8 Å². The molecule has 2 aliphatic rings. The van der Waals surface area contributed by atoms with E-state index >= 15 is 0 Å². The van der Waals surface area contributed by atoms with Crippen molar-refractivity contribution >= 4 is 11.9 Å². The highest BCUT2D eigenvalue weighted by atomic mass is 16.2. The second-order valence-corrected chi connectivity index (χ2v) is 6.40. The SMILES string of the molecule is CC(C)CCN1CCC2(CC1)NC(=O)N(CCC#N)C2=O. The standard InChI is InChI=1S/C15H24N4O2/c1-12(2)4-9-18-10-5-15(6-11-18)13(20)19(8-3-7-16)14(21)17-15/h12H,3-6,8-11H2,1-2H3,(H,17,21). The van der Waals surface area contributed by atoms with Gasteiger partial charge in [-0.05, 0) is 31.7 Å². The number of nitrogens with one attached hydrogen (secondary N) is 1. The first-order valence-electron chi connectivity index (χ1n) is 7.72. The third-order valence-corrected chi connectivity index (χ3v) is 4.43. The number of carbonyl (C=O) groups is 2. The molecule has 3 amide bonds. The van der Waals surface area contributed by atoms with Crippen LogP contribution in [0.25, 0.3) is 0 Å². The lowest BCUT2D eigenvalue weighted by molar-refractivity contribution is -0.132. The molecule has 2 saturated heterocycles. The van der Waals surface area contributed by atoms with Crippen LogP contribution in [0.4, 0.5) is 4.79 Å². The molecule has 1 spiro atoms. The molecule has 2 fully saturated rings. The van der Waals surface area contributed by atoms with Crippen LogP contribution >= 0.6 is 0 Å². The van der Waals surface area contributed by atoms with E-state index in [0.29, 0.717) is 18.8 Å². The summed E-state index contributed by atoms with van der Waals surface area (Å²) in [5.74, 6) is 0.529. The molecule has 6 nitrogen and oxygen atoms in total. The number of hydrogen-bond donors (Lipinski definition) is 1. The molecule has 1 N–H and O–H groups in total. The van der Waals surface area contributed by atoms with Crippen molar-refractivity contribution in [2.75, 3.05) is 26.2 Å². The Morgan fingerprint density at radius 2 is 1.95 bits per heavy atom. The minimum atomic E-state index is -0.721. The third-order valence-electron chi connectivity index (χ3n) is 4.43. The third kappa shape index (κ3) is 3.35. The molecule has 0 unspecified atom stereocenters. The van der Waals surface area contributed by atoms with Gasteiger partial charge >= 0.3 is 6.03 Å². The number of amides is 3. The van der Waals surface area contributed by atoms with E-state index in [2.05, 4.69) is 24.1 Å². The number of imide groups is 1. The molecule has 2 heterocycles. The number of rotatable bonds is 5. The summed E-state index contributed by atoms with van der Waals surface area (Å²) in [5.41, 5.74) is -0.721. The predicted octanol–water partition coefficient (Wildman–Crippen LogP) is 1.33. The number of hydrogen-bond acceptors (Lipinski definition) is 4. The maximum Gasteiger partial charge on any atom is 0.325 e. The highest BCUT2D eigenvalue weighted by Gasteiger charge is 2.51. The lowest BCUT2D eigenvalue weighted by Gasteiger charge is -2.37. The Morgan fingerprint density at radius 3 is 2.52 bits per heavy atom. The largest absolute Gasteiger partial charge is 0.325 e. The zero-order valence-electron chi connectivity index (χ0n) is 12.9. The van der Waals surface area contributed by atoms with Gasteiger partial charge in [0, 0.05) is 19.6 Å². The summed E-state index contributed by atoms with van der Waals surface area (Å²) in [5, 5.41) is 11.5. The van der Waals surface area contributed by atoms with Crippen molar-refractivity contribution < 1.29 is 9.59 Å². The fraction of sp³-hybridized carbons (Fsp3) is 0.800. The summed E-state index contributed by atoms with van der Waals surface area (Å²) in [4.78, 5) is 28.0. The molecule has 0 bridgehead atoms. The van der Waals surface area contributed by atoms with E-state index in [1.54, 1.807) is 0 Å². The fourth-order valence-corrected chi connectivity index (χ4v) is 2.98. The minimum Gasteiger partial charge on any atom is -0.323 e. The fourth-order valence-electron chi connectivity index (χ4n) is 2.98. The molecule has 0 radical (unpaired) electrons. The van der Waals surface area contributed by atoms with Crippen LogP contribution in [-0.2, 0) is 4.79 Å². The van der Waals surface area contributed by atoms with Crippen LogP contribution in [0.2, 0.25) is 0 Å². The molecular weight excluding hydrogens is 268 g/mol. The summed E-state index contributed by atoms with van der Waals surface area (Å²) < 4.78 is 0. The Morgan fingerprint density at radius 1 is 1.29 bits per heavy atom. The highest BCUT2D eigenvalue weighted by molar-refractivity contribution is 6.07. The maximum atomic E-state index is 12.5. The van der Waals surface area contributed by atoms with E-state index in [-0.39, 0.29) is 24.9 Å². The molecule has 0 aromatic heterocycles. The van der Waals surface area contributed by atoms with Crippen LogP contribution in [-0.4, -0.2) is 53.5 Å². The number of urea groups is 1. The van der Waals surface area contributed by atoms with Crippen molar-refractivity contribution in [1.29, 1.82) is 5.26 Å². The molecule has 116 valence electrons. The number of nitrogens with zero attached hydrogens (tertiary/aromatic N) is 3. The molecule has 0 atom stereocenters. The average Bonchev–Trinajstić information content (AvgIpc) is 2.68. The van der Waals surface area contributed by atoms with E-state index < -0.39 is 5.54 Å². The van der Waals surface area contributed by atoms with Crippen LogP contribution in [0, 0.1) is 17.2 Å². The van der Waals surface area contributed by atoms with Gasteiger partial charge in [0.25, 0.3) is 5.91 Å². The summed E-state index contributed by atoms with van der Waals surface area (Å²) in [6.07, 6.45) is 2.68. The van der Waals surface area contributed by atoms with E-state index in [4.69, 9.17) is 5.26 Å². The molecule has 6 heteroatoms. The van der Waals surface area contributed by atoms with Crippen molar-refractivity contribution in [3.63, 3.8) is 0 Å². The molecular formula is C15H24N4O2.